The van der Waals surface area contributed by atoms with Crippen LogP contribution in [0.25, 0.3) is 0 Å². The molecule has 0 radical (unpaired) electrons. The fourth-order valence-corrected chi connectivity index (χ4v) is 3.46. The minimum atomic E-state index is -0.0828. The molecule has 0 spiro atoms. The Kier molecular flexibility index (Phi) is 4.52. The maximum atomic E-state index is 12.6. The van der Waals surface area contributed by atoms with Crippen molar-refractivity contribution < 1.29 is 4.79 Å². The monoisotopic (exact) mass is 356 g/mol. The summed E-state index contributed by atoms with van der Waals surface area (Å²) in [5.74, 6) is -0.0828. The van der Waals surface area contributed by atoms with Crippen LogP contribution in [-0.4, -0.2) is 47.2 Å². The largest absolute Gasteiger partial charge is 0.343 e. The number of nitrogens with zero attached hydrogens (tertiary/aromatic N) is 4. The molecular formula is C14H14Cl2N4OS. The molecule has 0 unspecified atom stereocenters. The molecule has 0 N–H and O–H groups in total. The number of rotatable bonds is 2. The van der Waals surface area contributed by atoms with E-state index in [2.05, 4.69) is 15.1 Å². The minimum absolute atomic E-state index is 0.0828. The van der Waals surface area contributed by atoms with Crippen LogP contribution in [0.3, 0.4) is 0 Å². The summed E-state index contributed by atoms with van der Waals surface area (Å²) in [4.78, 5) is 16.5. The molecule has 116 valence electrons. The number of carbonyl (C=O) groups excluding carboxylic acids is 1. The number of piperazine rings is 1. The molecule has 1 aliphatic heterocycles. The van der Waals surface area contributed by atoms with E-state index in [-0.39, 0.29) is 5.91 Å². The van der Waals surface area contributed by atoms with Crippen LogP contribution in [-0.2, 0) is 0 Å². The Labute approximate surface area is 142 Å². The lowest BCUT2D eigenvalue weighted by Crippen LogP contribution is -2.48. The van der Waals surface area contributed by atoms with E-state index >= 15 is 0 Å². The summed E-state index contributed by atoms with van der Waals surface area (Å²) in [6.45, 7) is 4.65. The second kappa shape index (κ2) is 6.40. The highest BCUT2D eigenvalue weighted by molar-refractivity contribution is 7.15. The van der Waals surface area contributed by atoms with Crippen molar-refractivity contribution in [1.82, 2.24) is 15.1 Å². The first kappa shape index (κ1) is 15.5. The quantitative estimate of drug-likeness (QED) is 0.829. The van der Waals surface area contributed by atoms with Gasteiger partial charge in [0, 0.05) is 31.2 Å². The van der Waals surface area contributed by atoms with E-state index < -0.39 is 0 Å². The highest BCUT2D eigenvalue weighted by atomic mass is 35.5. The molecule has 0 saturated carbocycles. The molecule has 0 bridgehead atoms. The highest BCUT2D eigenvalue weighted by Crippen LogP contribution is 2.24. The molecule has 1 amide bonds. The summed E-state index contributed by atoms with van der Waals surface area (Å²) < 4.78 is 0. The van der Waals surface area contributed by atoms with E-state index in [1.54, 1.807) is 34.4 Å². The van der Waals surface area contributed by atoms with Gasteiger partial charge in [0.1, 0.15) is 5.01 Å². The van der Waals surface area contributed by atoms with Crippen LogP contribution in [0.15, 0.2) is 18.2 Å². The Bertz CT molecular complexity index is 698. The summed E-state index contributed by atoms with van der Waals surface area (Å²) in [5.41, 5.74) is 0.453. The van der Waals surface area contributed by atoms with Crippen LogP contribution in [0, 0.1) is 6.92 Å². The molecule has 1 aromatic carbocycles. The van der Waals surface area contributed by atoms with Gasteiger partial charge in [-0.3, -0.25) is 4.79 Å². The molecule has 0 aliphatic carbocycles. The molecule has 1 saturated heterocycles. The second-order valence-electron chi connectivity index (χ2n) is 5.01. The van der Waals surface area contributed by atoms with E-state index in [4.69, 9.17) is 23.2 Å². The molecule has 3 rings (SSSR count). The average Bonchev–Trinajstić information content (AvgIpc) is 2.96. The number of hydrogen-bond donors (Lipinski definition) is 0. The number of hydrogen-bond acceptors (Lipinski definition) is 5. The molecule has 0 atom stereocenters. The summed E-state index contributed by atoms with van der Waals surface area (Å²) in [5, 5.41) is 11.0. The summed E-state index contributed by atoms with van der Waals surface area (Å²) >= 11 is 13.6. The fourth-order valence-electron chi connectivity index (χ4n) is 2.35. The number of benzene rings is 1. The van der Waals surface area contributed by atoms with Crippen molar-refractivity contribution >= 4 is 45.6 Å². The third kappa shape index (κ3) is 3.19. The third-order valence-electron chi connectivity index (χ3n) is 3.51. The highest BCUT2D eigenvalue weighted by Gasteiger charge is 2.25. The van der Waals surface area contributed by atoms with Crippen LogP contribution in [0.5, 0.6) is 0 Å². The number of aryl methyl sites for hydroxylation is 1. The summed E-state index contributed by atoms with van der Waals surface area (Å²) in [6.07, 6.45) is 0. The number of amides is 1. The normalized spacial score (nSPS) is 15.2. The van der Waals surface area contributed by atoms with Gasteiger partial charge in [-0.1, -0.05) is 34.5 Å². The van der Waals surface area contributed by atoms with Crippen molar-refractivity contribution in [2.24, 2.45) is 0 Å². The Morgan fingerprint density at radius 3 is 2.55 bits per heavy atom. The van der Waals surface area contributed by atoms with E-state index in [9.17, 15) is 4.79 Å². The van der Waals surface area contributed by atoms with Gasteiger partial charge in [-0.2, -0.15) is 0 Å². The van der Waals surface area contributed by atoms with Gasteiger partial charge in [0.15, 0.2) is 0 Å². The van der Waals surface area contributed by atoms with Crippen LogP contribution in [0.2, 0.25) is 10.0 Å². The first-order valence-corrected chi connectivity index (χ1v) is 8.41. The Morgan fingerprint density at radius 1 is 1.18 bits per heavy atom. The summed E-state index contributed by atoms with van der Waals surface area (Å²) in [7, 11) is 0. The SMILES string of the molecule is Cc1nnc(N2CCN(C(=O)c3cc(Cl)ccc3Cl)CC2)s1. The van der Waals surface area contributed by atoms with Crippen molar-refractivity contribution in [1.29, 1.82) is 0 Å². The zero-order valence-corrected chi connectivity index (χ0v) is 14.3. The van der Waals surface area contributed by atoms with Gasteiger partial charge >= 0.3 is 0 Å². The van der Waals surface area contributed by atoms with Gasteiger partial charge < -0.3 is 9.80 Å². The standard InChI is InChI=1S/C14H14Cl2N4OS/c1-9-17-18-14(22-9)20-6-4-19(5-7-20)13(21)11-8-10(15)2-3-12(11)16/h2-3,8H,4-7H2,1H3. The van der Waals surface area contributed by atoms with Gasteiger partial charge in [0.2, 0.25) is 5.13 Å². The zero-order chi connectivity index (χ0) is 15.7. The smallest absolute Gasteiger partial charge is 0.255 e. The number of carbonyl (C=O) groups is 1. The molecular weight excluding hydrogens is 343 g/mol. The topological polar surface area (TPSA) is 49.3 Å². The van der Waals surface area contributed by atoms with E-state index in [1.165, 1.54) is 0 Å². The molecule has 2 aromatic rings. The van der Waals surface area contributed by atoms with Gasteiger partial charge in [0.05, 0.1) is 10.6 Å². The molecule has 2 heterocycles. The van der Waals surface area contributed by atoms with Crippen molar-refractivity contribution in [3.63, 3.8) is 0 Å². The number of aromatic nitrogens is 2. The lowest BCUT2D eigenvalue weighted by molar-refractivity contribution is 0.0747. The Balaban J connectivity index is 1.68. The molecule has 8 heteroatoms. The third-order valence-corrected chi connectivity index (χ3v) is 4.98. The maximum Gasteiger partial charge on any atom is 0.255 e. The summed E-state index contributed by atoms with van der Waals surface area (Å²) in [6, 6.07) is 4.94. The zero-order valence-electron chi connectivity index (χ0n) is 11.9. The Morgan fingerprint density at radius 2 is 1.91 bits per heavy atom. The number of halogens is 2. The molecule has 22 heavy (non-hydrogen) atoms. The first-order chi connectivity index (χ1) is 10.5. The van der Waals surface area contributed by atoms with Crippen LogP contribution < -0.4 is 4.90 Å². The lowest BCUT2D eigenvalue weighted by Gasteiger charge is -2.34. The van der Waals surface area contributed by atoms with Gasteiger partial charge in [-0.25, -0.2) is 0 Å². The van der Waals surface area contributed by atoms with E-state index in [1.807, 2.05) is 6.92 Å². The molecule has 1 aromatic heterocycles. The minimum Gasteiger partial charge on any atom is -0.343 e. The van der Waals surface area contributed by atoms with Crippen molar-refractivity contribution in [2.45, 2.75) is 6.92 Å². The van der Waals surface area contributed by atoms with Crippen LogP contribution in [0.1, 0.15) is 15.4 Å². The van der Waals surface area contributed by atoms with Gasteiger partial charge in [0.25, 0.3) is 5.91 Å². The fraction of sp³-hybridized carbons (Fsp3) is 0.357. The first-order valence-electron chi connectivity index (χ1n) is 6.84. The predicted molar refractivity (Wildman–Crippen MR) is 89.2 cm³/mol. The lowest BCUT2D eigenvalue weighted by atomic mass is 10.2. The van der Waals surface area contributed by atoms with Crippen molar-refractivity contribution in [3.05, 3.63) is 38.8 Å². The molecule has 1 fully saturated rings. The van der Waals surface area contributed by atoms with Crippen molar-refractivity contribution in [2.75, 3.05) is 31.1 Å². The maximum absolute atomic E-state index is 12.6. The van der Waals surface area contributed by atoms with Gasteiger partial charge in [-0.05, 0) is 25.1 Å². The molecule has 5 nitrogen and oxygen atoms in total. The van der Waals surface area contributed by atoms with Crippen LogP contribution in [0.4, 0.5) is 5.13 Å². The van der Waals surface area contributed by atoms with E-state index in [0.717, 1.165) is 23.2 Å². The van der Waals surface area contributed by atoms with Gasteiger partial charge in [-0.15, -0.1) is 10.2 Å². The predicted octanol–water partition coefficient (Wildman–Crippen LogP) is 3.12. The Hall–Kier alpha value is -1.37. The van der Waals surface area contributed by atoms with E-state index in [0.29, 0.717) is 28.7 Å². The molecule has 1 aliphatic rings. The average molecular weight is 357 g/mol. The van der Waals surface area contributed by atoms with Crippen LogP contribution >= 0.6 is 34.5 Å². The van der Waals surface area contributed by atoms with Crippen molar-refractivity contribution in [3.8, 4) is 0 Å². The second-order valence-corrected chi connectivity index (χ2v) is 7.01. The number of anilines is 1.